The van der Waals surface area contributed by atoms with Gasteiger partial charge in [-0.25, -0.2) is 9.97 Å². The van der Waals surface area contributed by atoms with Gasteiger partial charge in [-0.1, -0.05) is 15.9 Å². The molecule has 2 aromatic rings. The van der Waals surface area contributed by atoms with Gasteiger partial charge in [0.05, 0.1) is 5.52 Å². The predicted molar refractivity (Wildman–Crippen MR) is 52.0 cm³/mol. The maximum absolute atomic E-state index is 4.28. The van der Waals surface area contributed by atoms with Crippen LogP contribution in [-0.2, 0) is 0 Å². The molecule has 0 saturated heterocycles. The molecule has 0 unspecified atom stereocenters. The second kappa shape index (κ2) is 2.83. The zero-order valence-electron chi connectivity index (χ0n) is 6.58. The van der Waals surface area contributed by atoms with Gasteiger partial charge in [-0.05, 0) is 25.1 Å². The van der Waals surface area contributed by atoms with Crippen molar-refractivity contribution in [1.29, 1.82) is 0 Å². The lowest BCUT2D eigenvalue weighted by atomic mass is 10.2. The first-order valence-electron chi connectivity index (χ1n) is 3.64. The molecule has 0 saturated carbocycles. The number of benzene rings is 1. The second-order valence-electron chi connectivity index (χ2n) is 2.62. The fourth-order valence-electron chi connectivity index (χ4n) is 1.10. The molecule has 0 spiro atoms. The molecule has 12 heavy (non-hydrogen) atoms. The molecule has 0 aliphatic carbocycles. The van der Waals surface area contributed by atoms with Gasteiger partial charge in [0, 0.05) is 16.1 Å². The molecule has 2 rings (SSSR count). The average molecular weight is 223 g/mol. The first kappa shape index (κ1) is 7.68. The van der Waals surface area contributed by atoms with Gasteiger partial charge in [0.1, 0.15) is 5.82 Å². The van der Waals surface area contributed by atoms with E-state index < -0.39 is 0 Å². The van der Waals surface area contributed by atoms with E-state index in [4.69, 9.17) is 0 Å². The fraction of sp³-hybridized carbons (Fsp3) is 0.111. The summed E-state index contributed by atoms with van der Waals surface area (Å²) in [6.45, 7) is 1.89. The number of fused-ring (bicyclic) bond motifs is 1. The van der Waals surface area contributed by atoms with Crippen LogP contribution in [0.25, 0.3) is 10.9 Å². The summed E-state index contributed by atoms with van der Waals surface area (Å²) in [4.78, 5) is 8.40. The molecule has 1 aromatic carbocycles. The zero-order valence-corrected chi connectivity index (χ0v) is 8.17. The molecule has 0 atom stereocenters. The van der Waals surface area contributed by atoms with Crippen LogP contribution >= 0.6 is 15.9 Å². The number of nitrogens with zero attached hydrogens (tertiary/aromatic N) is 2. The molecule has 0 bridgehead atoms. The minimum atomic E-state index is 0.810. The van der Waals surface area contributed by atoms with Crippen LogP contribution in [0.3, 0.4) is 0 Å². The standard InChI is InChI=1S/C9H7BrN2/c1-6-11-5-7-4-8(10)2-3-9(7)12-6/h2-5H,1H3. The van der Waals surface area contributed by atoms with Crippen molar-refractivity contribution >= 4 is 26.8 Å². The Bertz CT molecular complexity index is 385. The normalized spacial score (nSPS) is 10.5. The lowest BCUT2D eigenvalue weighted by Gasteiger charge is -1.97. The molecular weight excluding hydrogens is 216 g/mol. The van der Waals surface area contributed by atoms with Crippen molar-refractivity contribution in [3.05, 3.63) is 34.7 Å². The maximum Gasteiger partial charge on any atom is 0.125 e. The van der Waals surface area contributed by atoms with Gasteiger partial charge in [-0.15, -0.1) is 0 Å². The van der Waals surface area contributed by atoms with Crippen LogP contribution in [-0.4, -0.2) is 9.97 Å². The average Bonchev–Trinajstić information content (AvgIpc) is 2.05. The van der Waals surface area contributed by atoms with Crippen molar-refractivity contribution in [2.24, 2.45) is 0 Å². The van der Waals surface area contributed by atoms with E-state index in [1.54, 1.807) is 0 Å². The largest absolute Gasteiger partial charge is 0.241 e. The van der Waals surface area contributed by atoms with Gasteiger partial charge in [-0.2, -0.15) is 0 Å². The van der Waals surface area contributed by atoms with Crippen LogP contribution in [0.1, 0.15) is 5.82 Å². The number of aromatic nitrogens is 2. The Morgan fingerprint density at radius 2 is 2.17 bits per heavy atom. The van der Waals surface area contributed by atoms with Crippen molar-refractivity contribution in [3.63, 3.8) is 0 Å². The molecule has 0 aliphatic rings. The Morgan fingerprint density at radius 3 is 3.00 bits per heavy atom. The van der Waals surface area contributed by atoms with Crippen molar-refractivity contribution < 1.29 is 0 Å². The molecule has 3 heteroatoms. The number of aryl methyl sites for hydroxylation is 1. The van der Waals surface area contributed by atoms with Gasteiger partial charge in [0.15, 0.2) is 0 Å². The van der Waals surface area contributed by atoms with E-state index in [1.165, 1.54) is 0 Å². The highest BCUT2D eigenvalue weighted by atomic mass is 79.9. The highest BCUT2D eigenvalue weighted by Crippen LogP contribution is 2.16. The van der Waals surface area contributed by atoms with Crippen LogP contribution in [0.4, 0.5) is 0 Å². The molecule has 0 fully saturated rings. The summed E-state index contributed by atoms with van der Waals surface area (Å²) < 4.78 is 1.06. The lowest BCUT2D eigenvalue weighted by Crippen LogP contribution is -1.86. The minimum absolute atomic E-state index is 0.810. The first-order valence-corrected chi connectivity index (χ1v) is 4.44. The molecule has 1 aromatic heterocycles. The van der Waals surface area contributed by atoms with E-state index in [9.17, 15) is 0 Å². The third-order valence-electron chi connectivity index (χ3n) is 1.66. The van der Waals surface area contributed by atoms with E-state index in [1.807, 2.05) is 31.3 Å². The number of halogens is 1. The van der Waals surface area contributed by atoms with Gasteiger partial charge >= 0.3 is 0 Å². The van der Waals surface area contributed by atoms with Crippen LogP contribution in [0.15, 0.2) is 28.9 Å². The van der Waals surface area contributed by atoms with Gasteiger partial charge in [0.2, 0.25) is 0 Å². The van der Waals surface area contributed by atoms with Crippen molar-refractivity contribution in [3.8, 4) is 0 Å². The Kier molecular flexibility index (Phi) is 1.81. The van der Waals surface area contributed by atoms with E-state index in [2.05, 4.69) is 25.9 Å². The number of hydrogen-bond acceptors (Lipinski definition) is 2. The molecule has 0 aliphatic heterocycles. The van der Waals surface area contributed by atoms with Crippen LogP contribution in [0.2, 0.25) is 0 Å². The molecule has 0 amide bonds. The Hall–Kier alpha value is -0.960. The quantitative estimate of drug-likeness (QED) is 0.686. The Morgan fingerprint density at radius 1 is 1.33 bits per heavy atom. The van der Waals surface area contributed by atoms with E-state index in [0.717, 1.165) is 21.2 Å². The molecular formula is C9H7BrN2. The van der Waals surface area contributed by atoms with E-state index >= 15 is 0 Å². The van der Waals surface area contributed by atoms with Crippen LogP contribution in [0.5, 0.6) is 0 Å². The molecule has 1 heterocycles. The predicted octanol–water partition coefficient (Wildman–Crippen LogP) is 2.70. The molecule has 60 valence electrons. The van der Waals surface area contributed by atoms with E-state index in [0.29, 0.717) is 0 Å². The van der Waals surface area contributed by atoms with Crippen molar-refractivity contribution in [1.82, 2.24) is 9.97 Å². The SMILES string of the molecule is Cc1ncc2cc(Br)ccc2n1. The van der Waals surface area contributed by atoms with Crippen molar-refractivity contribution in [2.45, 2.75) is 6.92 Å². The van der Waals surface area contributed by atoms with Gasteiger partial charge in [0.25, 0.3) is 0 Å². The topological polar surface area (TPSA) is 25.8 Å². The number of rotatable bonds is 0. The minimum Gasteiger partial charge on any atom is -0.241 e. The summed E-state index contributed by atoms with van der Waals surface area (Å²) in [6.07, 6.45) is 1.84. The Labute approximate surface area is 78.8 Å². The lowest BCUT2D eigenvalue weighted by molar-refractivity contribution is 1.09. The summed E-state index contributed by atoms with van der Waals surface area (Å²) in [5.41, 5.74) is 0.991. The van der Waals surface area contributed by atoms with Crippen molar-refractivity contribution in [2.75, 3.05) is 0 Å². The van der Waals surface area contributed by atoms with Crippen LogP contribution in [0, 0.1) is 6.92 Å². The first-order chi connectivity index (χ1) is 5.75. The summed E-state index contributed by atoms with van der Waals surface area (Å²) in [6, 6.07) is 5.97. The zero-order chi connectivity index (χ0) is 8.55. The summed E-state index contributed by atoms with van der Waals surface area (Å²) in [5, 5.41) is 1.06. The number of hydrogen-bond donors (Lipinski definition) is 0. The summed E-state index contributed by atoms with van der Waals surface area (Å²) in [5.74, 6) is 0.810. The summed E-state index contributed by atoms with van der Waals surface area (Å²) in [7, 11) is 0. The third-order valence-corrected chi connectivity index (χ3v) is 2.16. The fourth-order valence-corrected chi connectivity index (χ4v) is 1.48. The highest BCUT2D eigenvalue weighted by Gasteiger charge is 1.95. The monoisotopic (exact) mass is 222 g/mol. The van der Waals surface area contributed by atoms with Crippen LogP contribution < -0.4 is 0 Å². The maximum atomic E-state index is 4.28. The molecule has 2 nitrogen and oxygen atoms in total. The molecule has 0 N–H and O–H groups in total. The Balaban J connectivity index is 2.79. The molecule has 0 radical (unpaired) electrons. The van der Waals surface area contributed by atoms with Gasteiger partial charge < -0.3 is 0 Å². The smallest absolute Gasteiger partial charge is 0.125 e. The van der Waals surface area contributed by atoms with Gasteiger partial charge in [-0.3, -0.25) is 0 Å². The van der Waals surface area contributed by atoms with E-state index in [-0.39, 0.29) is 0 Å². The second-order valence-corrected chi connectivity index (χ2v) is 3.54. The third kappa shape index (κ3) is 1.32. The highest BCUT2D eigenvalue weighted by molar-refractivity contribution is 9.10. The summed E-state index contributed by atoms with van der Waals surface area (Å²) >= 11 is 3.40.